The molecule has 0 aromatic heterocycles. The topological polar surface area (TPSA) is 23.5 Å². The van der Waals surface area contributed by atoms with Gasteiger partial charge < -0.3 is 5.11 Å². The van der Waals surface area contributed by atoms with Gasteiger partial charge >= 0.3 is 0 Å². The maximum Gasteiger partial charge on any atom is 0.0682 e. The summed E-state index contributed by atoms with van der Waals surface area (Å²) in [4.78, 5) is 2.38. The first-order chi connectivity index (χ1) is 5.27. The summed E-state index contributed by atoms with van der Waals surface area (Å²) < 4.78 is 0. The molecule has 1 aliphatic heterocycles. The molecule has 66 valence electrons. The maximum absolute atomic E-state index is 9.39. The van der Waals surface area contributed by atoms with Crippen molar-refractivity contribution in [1.29, 1.82) is 0 Å². The standard InChI is InChI=1S/C9H19NO/c1-3-5-8-6-9(11)7-10(8)4-2/h8-9,11H,3-7H2,1-2H3/t8-,9+/m1/s1. The highest BCUT2D eigenvalue weighted by Gasteiger charge is 2.28. The Bertz CT molecular complexity index is 116. The summed E-state index contributed by atoms with van der Waals surface area (Å²) in [5.74, 6) is 0. The van der Waals surface area contributed by atoms with Crippen molar-refractivity contribution in [2.45, 2.75) is 45.3 Å². The van der Waals surface area contributed by atoms with Crippen molar-refractivity contribution < 1.29 is 5.11 Å². The third-order valence-corrected chi connectivity index (χ3v) is 2.53. The second-order valence-electron chi connectivity index (χ2n) is 3.42. The highest BCUT2D eigenvalue weighted by molar-refractivity contribution is 4.83. The first kappa shape index (κ1) is 9.01. The quantitative estimate of drug-likeness (QED) is 0.666. The van der Waals surface area contributed by atoms with Gasteiger partial charge in [0.05, 0.1) is 6.10 Å². The Morgan fingerprint density at radius 1 is 1.45 bits per heavy atom. The van der Waals surface area contributed by atoms with Crippen molar-refractivity contribution in [2.75, 3.05) is 13.1 Å². The van der Waals surface area contributed by atoms with Gasteiger partial charge in [0.2, 0.25) is 0 Å². The molecule has 1 rings (SSSR count). The minimum absolute atomic E-state index is 0.0634. The van der Waals surface area contributed by atoms with Crippen molar-refractivity contribution in [3.8, 4) is 0 Å². The van der Waals surface area contributed by atoms with Crippen molar-refractivity contribution in [3.63, 3.8) is 0 Å². The molecule has 0 radical (unpaired) electrons. The predicted octanol–water partition coefficient (Wildman–Crippen LogP) is 1.24. The van der Waals surface area contributed by atoms with Gasteiger partial charge in [-0.25, -0.2) is 0 Å². The van der Waals surface area contributed by atoms with Crippen molar-refractivity contribution in [1.82, 2.24) is 4.90 Å². The minimum atomic E-state index is -0.0634. The molecule has 1 N–H and O–H groups in total. The van der Waals surface area contributed by atoms with E-state index in [9.17, 15) is 5.11 Å². The number of hydrogen-bond acceptors (Lipinski definition) is 2. The molecule has 0 unspecified atom stereocenters. The molecule has 1 heterocycles. The van der Waals surface area contributed by atoms with E-state index in [2.05, 4.69) is 18.7 Å². The average molecular weight is 157 g/mol. The van der Waals surface area contributed by atoms with Crippen molar-refractivity contribution in [3.05, 3.63) is 0 Å². The zero-order valence-electron chi connectivity index (χ0n) is 7.58. The summed E-state index contributed by atoms with van der Waals surface area (Å²) in [7, 11) is 0. The fourth-order valence-corrected chi connectivity index (χ4v) is 1.98. The largest absolute Gasteiger partial charge is 0.392 e. The second-order valence-corrected chi connectivity index (χ2v) is 3.42. The molecule has 0 amide bonds. The van der Waals surface area contributed by atoms with Gasteiger partial charge in [0.15, 0.2) is 0 Å². The van der Waals surface area contributed by atoms with Crippen LogP contribution in [0.4, 0.5) is 0 Å². The fraction of sp³-hybridized carbons (Fsp3) is 1.00. The van der Waals surface area contributed by atoms with E-state index in [0.717, 1.165) is 19.5 Å². The normalized spacial score (nSPS) is 33.0. The van der Waals surface area contributed by atoms with Gasteiger partial charge in [0.1, 0.15) is 0 Å². The predicted molar refractivity (Wildman–Crippen MR) is 46.6 cm³/mol. The molecular formula is C9H19NO. The fourth-order valence-electron chi connectivity index (χ4n) is 1.98. The Morgan fingerprint density at radius 3 is 2.73 bits per heavy atom. The van der Waals surface area contributed by atoms with Crippen LogP contribution in [-0.4, -0.2) is 35.2 Å². The smallest absolute Gasteiger partial charge is 0.0682 e. The number of hydrogen-bond donors (Lipinski definition) is 1. The average Bonchev–Trinajstić information content (AvgIpc) is 2.32. The van der Waals surface area contributed by atoms with Crippen LogP contribution in [0.5, 0.6) is 0 Å². The summed E-state index contributed by atoms with van der Waals surface area (Å²) in [6.45, 7) is 6.35. The van der Waals surface area contributed by atoms with Crippen molar-refractivity contribution >= 4 is 0 Å². The number of β-amino-alcohol motifs (C(OH)–C–C–N with tert-alkyl or cyclic N) is 1. The van der Waals surface area contributed by atoms with E-state index in [-0.39, 0.29) is 6.10 Å². The molecular weight excluding hydrogens is 138 g/mol. The summed E-state index contributed by atoms with van der Waals surface area (Å²) in [5.41, 5.74) is 0. The number of aliphatic hydroxyl groups is 1. The van der Waals surface area contributed by atoms with Gasteiger partial charge in [-0.15, -0.1) is 0 Å². The first-order valence-corrected chi connectivity index (χ1v) is 4.70. The second kappa shape index (κ2) is 4.07. The number of aliphatic hydroxyl groups excluding tert-OH is 1. The van der Waals surface area contributed by atoms with Crippen LogP contribution in [0.1, 0.15) is 33.1 Å². The van der Waals surface area contributed by atoms with E-state index in [1.807, 2.05) is 0 Å². The van der Waals surface area contributed by atoms with E-state index in [4.69, 9.17) is 0 Å². The molecule has 0 aliphatic carbocycles. The molecule has 2 atom stereocenters. The van der Waals surface area contributed by atoms with Gasteiger partial charge in [0.25, 0.3) is 0 Å². The minimum Gasteiger partial charge on any atom is -0.392 e. The molecule has 1 aliphatic rings. The first-order valence-electron chi connectivity index (χ1n) is 4.70. The van der Waals surface area contributed by atoms with Crippen LogP contribution in [0.25, 0.3) is 0 Å². The van der Waals surface area contributed by atoms with Crippen LogP contribution in [0.15, 0.2) is 0 Å². The lowest BCUT2D eigenvalue weighted by molar-refractivity contribution is 0.177. The molecule has 0 saturated carbocycles. The molecule has 0 aromatic carbocycles. The summed E-state index contributed by atoms with van der Waals surface area (Å²) in [5, 5.41) is 9.39. The highest BCUT2D eigenvalue weighted by Crippen LogP contribution is 2.20. The van der Waals surface area contributed by atoms with Gasteiger partial charge in [0, 0.05) is 12.6 Å². The van der Waals surface area contributed by atoms with Gasteiger partial charge in [-0.2, -0.15) is 0 Å². The van der Waals surface area contributed by atoms with Crippen LogP contribution in [-0.2, 0) is 0 Å². The van der Waals surface area contributed by atoms with Crippen LogP contribution in [0, 0.1) is 0 Å². The highest BCUT2D eigenvalue weighted by atomic mass is 16.3. The molecule has 0 aromatic rings. The van der Waals surface area contributed by atoms with Crippen LogP contribution in [0.2, 0.25) is 0 Å². The molecule has 11 heavy (non-hydrogen) atoms. The number of nitrogens with zero attached hydrogens (tertiary/aromatic N) is 1. The molecule has 2 nitrogen and oxygen atoms in total. The monoisotopic (exact) mass is 157 g/mol. The van der Waals surface area contributed by atoms with E-state index in [0.29, 0.717) is 6.04 Å². The Labute approximate surface area is 69.2 Å². The summed E-state index contributed by atoms with van der Waals surface area (Å²) >= 11 is 0. The molecule has 0 spiro atoms. The number of rotatable bonds is 3. The van der Waals surface area contributed by atoms with Crippen molar-refractivity contribution in [2.24, 2.45) is 0 Å². The Balaban J connectivity index is 2.37. The van der Waals surface area contributed by atoms with Gasteiger partial charge in [-0.05, 0) is 19.4 Å². The Morgan fingerprint density at radius 2 is 2.18 bits per heavy atom. The van der Waals surface area contributed by atoms with Gasteiger partial charge in [-0.3, -0.25) is 4.90 Å². The Hall–Kier alpha value is -0.0800. The lowest BCUT2D eigenvalue weighted by Crippen LogP contribution is -2.29. The zero-order valence-corrected chi connectivity index (χ0v) is 7.58. The SMILES string of the molecule is CCC[C@@H]1C[C@H](O)CN1CC. The van der Waals surface area contributed by atoms with Crippen LogP contribution < -0.4 is 0 Å². The van der Waals surface area contributed by atoms with E-state index < -0.39 is 0 Å². The van der Waals surface area contributed by atoms with E-state index in [1.54, 1.807) is 0 Å². The Kier molecular flexibility index (Phi) is 3.34. The molecule has 1 fully saturated rings. The lowest BCUT2D eigenvalue weighted by atomic mass is 10.1. The number of likely N-dealkylation sites (tertiary alicyclic amines) is 1. The maximum atomic E-state index is 9.39. The van der Waals surface area contributed by atoms with E-state index >= 15 is 0 Å². The zero-order chi connectivity index (χ0) is 8.27. The number of likely N-dealkylation sites (N-methyl/N-ethyl adjacent to an activating group) is 1. The van der Waals surface area contributed by atoms with Gasteiger partial charge in [-0.1, -0.05) is 20.3 Å². The van der Waals surface area contributed by atoms with Crippen LogP contribution >= 0.6 is 0 Å². The molecule has 0 bridgehead atoms. The van der Waals surface area contributed by atoms with Crippen LogP contribution in [0.3, 0.4) is 0 Å². The lowest BCUT2D eigenvalue weighted by Gasteiger charge is -2.21. The third kappa shape index (κ3) is 2.17. The molecule has 1 saturated heterocycles. The van der Waals surface area contributed by atoms with E-state index in [1.165, 1.54) is 12.8 Å². The molecule has 2 heteroatoms. The summed E-state index contributed by atoms with van der Waals surface area (Å²) in [6, 6.07) is 0.653. The third-order valence-electron chi connectivity index (χ3n) is 2.53. The summed E-state index contributed by atoms with van der Waals surface area (Å²) in [6.07, 6.45) is 3.40.